The second kappa shape index (κ2) is 6.68. The van der Waals surface area contributed by atoms with Gasteiger partial charge in [0, 0.05) is 18.8 Å². The minimum absolute atomic E-state index is 0.185. The van der Waals surface area contributed by atoms with E-state index in [-0.39, 0.29) is 5.91 Å². The number of aryl methyl sites for hydroxylation is 1. The molecule has 0 unspecified atom stereocenters. The predicted octanol–water partition coefficient (Wildman–Crippen LogP) is 1.25. The highest BCUT2D eigenvalue weighted by Gasteiger charge is 2.22. The molecule has 0 saturated carbocycles. The van der Waals surface area contributed by atoms with E-state index in [4.69, 9.17) is 5.73 Å². The lowest BCUT2D eigenvalue weighted by Gasteiger charge is -2.32. The zero-order valence-electron chi connectivity index (χ0n) is 11.6. The van der Waals surface area contributed by atoms with Crippen molar-refractivity contribution in [1.82, 2.24) is 4.90 Å². The number of piperazine rings is 1. The summed E-state index contributed by atoms with van der Waals surface area (Å²) in [6.45, 7) is 2.98. The molecule has 1 fully saturated rings. The summed E-state index contributed by atoms with van der Waals surface area (Å²) >= 11 is 0. The van der Waals surface area contributed by atoms with Gasteiger partial charge in [0.1, 0.15) is 0 Å². The summed E-state index contributed by atoms with van der Waals surface area (Å²) in [6, 6.07) is 8.36. The molecule has 19 heavy (non-hydrogen) atoms. The van der Waals surface area contributed by atoms with Crippen LogP contribution in [-0.4, -0.2) is 44.0 Å². The van der Waals surface area contributed by atoms with Crippen molar-refractivity contribution in [3.63, 3.8) is 0 Å². The van der Waals surface area contributed by atoms with Crippen LogP contribution in [-0.2, 0) is 11.2 Å². The quantitative estimate of drug-likeness (QED) is 0.812. The Morgan fingerprint density at radius 2 is 1.89 bits per heavy atom. The number of carbonyl (C=O) groups excluding carboxylic acids is 1. The average Bonchev–Trinajstić information content (AvgIpc) is 2.40. The normalized spacial score (nSPS) is 16.9. The maximum atomic E-state index is 12.0. The van der Waals surface area contributed by atoms with Gasteiger partial charge in [-0.15, -0.1) is 0 Å². The molecule has 0 radical (unpaired) electrons. The van der Waals surface area contributed by atoms with Crippen LogP contribution < -0.4 is 10.6 Å². The lowest BCUT2D eigenvalue weighted by atomic mass is 10.1. The predicted molar refractivity (Wildman–Crippen MR) is 78.3 cm³/mol. The van der Waals surface area contributed by atoms with Gasteiger partial charge in [-0.3, -0.25) is 9.69 Å². The summed E-state index contributed by atoms with van der Waals surface area (Å²) in [4.78, 5) is 15.9. The largest absolute Gasteiger partial charge is 0.330 e. The molecule has 2 N–H and O–H groups in total. The number of nitrogens with zero attached hydrogens (tertiary/aromatic N) is 2. The fraction of sp³-hybridized carbons (Fsp3) is 0.533. The zero-order chi connectivity index (χ0) is 13.7. The third kappa shape index (κ3) is 3.78. The molecule has 1 aliphatic heterocycles. The molecule has 0 aliphatic carbocycles. The molecule has 0 bridgehead atoms. The van der Waals surface area contributed by atoms with Crippen LogP contribution in [0, 0.1) is 0 Å². The standard InChI is InChI=1S/C15H23N3O/c1-17-10-11-18(15(19)12-17)14-7-5-13(6-8-14)4-2-3-9-16/h5-8H,2-4,9-12,16H2,1H3. The van der Waals surface area contributed by atoms with Crippen LogP contribution in [0.3, 0.4) is 0 Å². The molecule has 0 atom stereocenters. The topological polar surface area (TPSA) is 49.6 Å². The van der Waals surface area contributed by atoms with Crippen LogP contribution >= 0.6 is 0 Å². The van der Waals surface area contributed by atoms with E-state index < -0.39 is 0 Å². The lowest BCUT2D eigenvalue weighted by Crippen LogP contribution is -2.48. The maximum Gasteiger partial charge on any atom is 0.241 e. The number of benzene rings is 1. The van der Waals surface area contributed by atoms with E-state index in [1.807, 2.05) is 11.9 Å². The first-order valence-electron chi connectivity index (χ1n) is 6.98. The van der Waals surface area contributed by atoms with E-state index in [0.29, 0.717) is 6.54 Å². The van der Waals surface area contributed by atoms with Gasteiger partial charge < -0.3 is 10.6 Å². The van der Waals surface area contributed by atoms with Crippen LogP contribution in [0.5, 0.6) is 0 Å². The SMILES string of the molecule is CN1CCN(c2ccc(CCCCN)cc2)C(=O)C1. The van der Waals surface area contributed by atoms with Crippen LogP contribution in [0.1, 0.15) is 18.4 Å². The van der Waals surface area contributed by atoms with Crippen molar-refractivity contribution in [3.8, 4) is 0 Å². The zero-order valence-corrected chi connectivity index (χ0v) is 11.6. The average molecular weight is 261 g/mol. The Hall–Kier alpha value is -1.39. The molecule has 1 saturated heterocycles. The van der Waals surface area contributed by atoms with E-state index in [0.717, 1.165) is 44.6 Å². The second-order valence-corrected chi connectivity index (χ2v) is 5.20. The monoisotopic (exact) mass is 261 g/mol. The van der Waals surface area contributed by atoms with Crippen molar-refractivity contribution in [1.29, 1.82) is 0 Å². The van der Waals surface area contributed by atoms with Crippen LogP contribution in [0.4, 0.5) is 5.69 Å². The van der Waals surface area contributed by atoms with Gasteiger partial charge in [0.05, 0.1) is 6.54 Å². The Labute approximate surface area is 115 Å². The highest BCUT2D eigenvalue weighted by molar-refractivity contribution is 5.95. The second-order valence-electron chi connectivity index (χ2n) is 5.20. The number of likely N-dealkylation sites (N-methyl/N-ethyl adjacent to an activating group) is 1. The summed E-state index contributed by atoms with van der Waals surface area (Å²) in [7, 11) is 1.98. The van der Waals surface area contributed by atoms with Crippen LogP contribution in [0.2, 0.25) is 0 Å². The maximum absolute atomic E-state index is 12.0. The van der Waals surface area contributed by atoms with Crippen molar-refractivity contribution in [3.05, 3.63) is 29.8 Å². The summed E-state index contributed by atoms with van der Waals surface area (Å²) in [5.74, 6) is 0.185. The number of anilines is 1. The van der Waals surface area contributed by atoms with E-state index in [1.165, 1.54) is 5.56 Å². The summed E-state index contributed by atoms with van der Waals surface area (Å²) in [5, 5.41) is 0. The first kappa shape index (κ1) is 14.0. The minimum atomic E-state index is 0.185. The molecule has 1 heterocycles. The number of carbonyl (C=O) groups is 1. The molecular weight excluding hydrogens is 238 g/mol. The van der Waals surface area contributed by atoms with E-state index in [1.54, 1.807) is 0 Å². The van der Waals surface area contributed by atoms with Gasteiger partial charge in [-0.25, -0.2) is 0 Å². The summed E-state index contributed by atoms with van der Waals surface area (Å²) < 4.78 is 0. The van der Waals surface area contributed by atoms with Crippen molar-refractivity contribution in [2.24, 2.45) is 5.73 Å². The van der Waals surface area contributed by atoms with E-state index in [2.05, 4.69) is 29.2 Å². The fourth-order valence-corrected chi connectivity index (χ4v) is 2.38. The number of amides is 1. The van der Waals surface area contributed by atoms with Gasteiger partial charge in [0.2, 0.25) is 5.91 Å². The van der Waals surface area contributed by atoms with Crippen molar-refractivity contribution < 1.29 is 4.79 Å². The molecule has 0 aromatic heterocycles. The smallest absolute Gasteiger partial charge is 0.241 e. The van der Waals surface area contributed by atoms with Gasteiger partial charge >= 0.3 is 0 Å². The van der Waals surface area contributed by atoms with Crippen molar-refractivity contribution >= 4 is 11.6 Å². The van der Waals surface area contributed by atoms with Gasteiger partial charge in [-0.2, -0.15) is 0 Å². The number of hydrogen-bond donors (Lipinski definition) is 1. The van der Waals surface area contributed by atoms with Gasteiger partial charge in [0.15, 0.2) is 0 Å². The first-order chi connectivity index (χ1) is 9.20. The highest BCUT2D eigenvalue weighted by atomic mass is 16.2. The molecule has 2 rings (SSSR count). The first-order valence-corrected chi connectivity index (χ1v) is 6.98. The summed E-state index contributed by atoms with van der Waals surface area (Å²) in [5.41, 5.74) is 7.83. The van der Waals surface area contributed by atoms with Gasteiger partial charge in [-0.05, 0) is 50.6 Å². The third-order valence-corrected chi connectivity index (χ3v) is 3.58. The molecular formula is C15H23N3O. The molecule has 1 amide bonds. The Morgan fingerprint density at radius 3 is 2.53 bits per heavy atom. The summed E-state index contributed by atoms with van der Waals surface area (Å²) in [6.07, 6.45) is 3.26. The number of rotatable bonds is 5. The van der Waals surface area contributed by atoms with Gasteiger partial charge in [0.25, 0.3) is 0 Å². The third-order valence-electron chi connectivity index (χ3n) is 3.58. The van der Waals surface area contributed by atoms with E-state index >= 15 is 0 Å². The van der Waals surface area contributed by atoms with Gasteiger partial charge in [-0.1, -0.05) is 12.1 Å². The molecule has 1 aromatic rings. The Morgan fingerprint density at radius 1 is 1.16 bits per heavy atom. The molecule has 1 aromatic carbocycles. The number of hydrogen-bond acceptors (Lipinski definition) is 3. The Kier molecular flexibility index (Phi) is 4.93. The Balaban J connectivity index is 1.96. The minimum Gasteiger partial charge on any atom is -0.330 e. The highest BCUT2D eigenvalue weighted by Crippen LogP contribution is 2.18. The molecule has 4 heteroatoms. The molecule has 104 valence electrons. The van der Waals surface area contributed by atoms with Crippen molar-refractivity contribution in [2.75, 3.05) is 38.1 Å². The molecule has 0 spiro atoms. The van der Waals surface area contributed by atoms with Crippen LogP contribution in [0.25, 0.3) is 0 Å². The number of nitrogens with two attached hydrogens (primary N) is 1. The van der Waals surface area contributed by atoms with Crippen molar-refractivity contribution in [2.45, 2.75) is 19.3 Å². The fourth-order valence-electron chi connectivity index (χ4n) is 2.38. The van der Waals surface area contributed by atoms with E-state index in [9.17, 15) is 4.79 Å². The Bertz CT molecular complexity index is 416. The lowest BCUT2D eigenvalue weighted by molar-refractivity contribution is -0.120. The number of unbranched alkanes of at least 4 members (excludes halogenated alkanes) is 1. The molecule has 4 nitrogen and oxygen atoms in total. The molecule has 1 aliphatic rings. The van der Waals surface area contributed by atoms with Crippen LogP contribution in [0.15, 0.2) is 24.3 Å².